The van der Waals surface area contributed by atoms with Crippen molar-refractivity contribution in [2.75, 3.05) is 19.6 Å². The third-order valence-corrected chi connectivity index (χ3v) is 8.94. The van der Waals surface area contributed by atoms with Crippen molar-refractivity contribution in [2.45, 2.75) is 69.4 Å². The molecule has 196 valence electrons. The zero-order valence-electron chi connectivity index (χ0n) is 21.4. The summed E-state index contributed by atoms with van der Waals surface area (Å²) in [6, 6.07) is 20.3. The Hall–Kier alpha value is -2.70. The molecule has 4 fully saturated rings. The second kappa shape index (κ2) is 11.0. The number of halogens is 1. The summed E-state index contributed by atoms with van der Waals surface area (Å²) in [4.78, 5) is 18.7. The van der Waals surface area contributed by atoms with Crippen molar-refractivity contribution in [1.82, 2.24) is 10.1 Å². The van der Waals surface area contributed by atoms with Crippen LogP contribution in [0.15, 0.2) is 65.2 Å². The second-order valence-electron chi connectivity index (χ2n) is 11.2. The highest BCUT2D eigenvalue weighted by molar-refractivity contribution is 5.83. The largest absolute Gasteiger partial charge is 1.00 e. The number of hydrogen-bond acceptors (Lipinski definition) is 5. The molecule has 7 heteroatoms. The van der Waals surface area contributed by atoms with Crippen molar-refractivity contribution in [1.29, 1.82) is 0 Å². The Morgan fingerprint density at radius 2 is 1.59 bits per heavy atom. The molecular weight excluding hydrogens is 486 g/mol. The first-order chi connectivity index (χ1) is 17.7. The van der Waals surface area contributed by atoms with Gasteiger partial charge in [-0.3, -0.25) is 4.79 Å². The first kappa shape index (κ1) is 25.9. The fraction of sp³-hybridized carbons (Fsp3) is 0.500. The van der Waals surface area contributed by atoms with Gasteiger partial charge < -0.3 is 26.2 Å². The monoisotopic (exact) mass is 521 g/mol. The highest BCUT2D eigenvalue weighted by Gasteiger charge is 2.50. The summed E-state index contributed by atoms with van der Waals surface area (Å²) < 4.78 is 13.0. The lowest BCUT2D eigenvalue weighted by atomic mass is 9.74. The van der Waals surface area contributed by atoms with Gasteiger partial charge in [0.2, 0.25) is 5.82 Å². The molecule has 3 aromatic rings. The number of carbonyl (C=O) groups excluding carboxylic acids is 1. The average Bonchev–Trinajstić information content (AvgIpc) is 3.23. The van der Waals surface area contributed by atoms with E-state index in [4.69, 9.17) is 14.2 Å². The maximum atomic E-state index is 14.0. The van der Waals surface area contributed by atoms with Crippen molar-refractivity contribution in [3.8, 4) is 11.5 Å². The summed E-state index contributed by atoms with van der Waals surface area (Å²) in [7, 11) is 0. The molecule has 6 nitrogen and oxygen atoms in total. The minimum atomic E-state index is -0.507. The van der Waals surface area contributed by atoms with Gasteiger partial charge in [0, 0.05) is 24.3 Å². The zero-order chi connectivity index (χ0) is 24.4. The number of rotatable bonds is 6. The van der Waals surface area contributed by atoms with Crippen LogP contribution in [-0.2, 0) is 21.5 Å². The van der Waals surface area contributed by atoms with Crippen molar-refractivity contribution < 1.29 is 30.9 Å². The first-order valence-electron chi connectivity index (χ1n) is 13.7. The third-order valence-electron chi connectivity index (χ3n) is 8.94. The Balaban J connectivity index is 0.00000280. The summed E-state index contributed by atoms with van der Waals surface area (Å²) in [5.74, 6) is 1.76. The molecule has 3 saturated heterocycles. The smallest absolute Gasteiger partial charge is 0.317 e. The van der Waals surface area contributed by atoms with Gasteiger partial charge in [0.05, 0.1) is 18.5 Å². The number of esters is 1. The molecule has 3 aliphatic heterocycles. The molecular formula is C30H36ClN3O3. The Morgan fingerprint density at radius 3 is 2.27 bits per heavy atom. The van der Waals surface area contributed by atoms with Gasteiger partial charge in [0.1, 0.15) is 13.1 Å². The van der Waals surface area contributed by atoms with Crippen molar-refractivity contribution in [3.05, 3.63) is 72.1 Å². The van der Waals surface area contributed by atoms with E-state index in [1.807, 2.05) is 36.4 Å². The molecule has 0 radical (unpaired) electrons. The van der Waals surface area contributed by atoms with Gasteiger partial charge in [-0.05, 0) is 30.5 Å². The van der Waals surface area contributed by atoms with E-state index >= 15 is 0 Å². The molecule has 2 bridgehead atoms. The number of piperidine rings is 3. The maximum absolute atomic E-state index is 14.0. The summed E-state index contributed by atoms with van der Waals surface area (Å²) in [6.45, 7) is 3.73. The maximum Gasteiger partial charge on any atom is 0.317 e. The van der Waals surface area contributed by atoms with Crippen molar-refractivity contribution in [3.63, 3.8) is 0 Å². The Bertz CT molecular complexity index is 1170. The van der Waals surface area contributed by atoms with E-state index in [2.05, 4.69) is 29.4 Å². The number of aromatic nitrogens is 2. The quantitative estimate of drug-likeness (QED) is 0.283. The van der Waals surface area contributed by atoms with Crippen molar-refractivity contribution in [2.24, 2.45) is 5.92 Å². The molecule has 0 amide bonds. The normalized spacial score (nSPS) is 26.6. The molecule has 1 aromatic heterocycles. The summed E-state index contributed by atoms with van der Waals surface area (Å²) in [6.07, 6.45) is 8.46. The first-order valence-corrected chi connectivity index (χ1v) is 13.7. The topological polar surface area (TPSA) is 65.2 Å². The van der Waals surface area contributed by atoms with Gasteiger partial charge in [0.15, 0.2) is 6.10 Å². The number of carbonyl (C=O) groups is 1. The van der Waals surface area contributed by atoms with Crippen LogP contribution in [0.2, 0.25) is 0 Å². The Morgan fingerprint density at radius 1 is 0.946 bits per heavy atom. The van der Waals surface area contributed by atoms with Crippen LogP contribution in [0.1, 0.15) is 62.8 Å². The molecule has 37 heavy (non-hydrogen) atoms. The Labute approximate surface area is 225 Å². The predicted octanol–water partition coefficient (Wildman–Crippen LogP) is 2.69. The number of fused-ring (bicyclic) bond motifs is 3. The molecule has 1 atom stereocenters. The number of quaternary nitrogens is 1. The van der Waals surface area contributed by atoms with Crippen LogP contribution in [0, 0.1) is 5.92 Å². The molecule has 1 saturated carbocycles. The van der Waals surface area contributed by atoms with Crippen LogP contribution in [0.4, 0.5) is 0 Å². The molecule has 4 aliphatic rings. The number of benzene rings is 2. The lowest BCUT2D eigenvalue weighted by Crippen LogP contribution is -3.00. The van der Waals surface area contributed by atoms with Gasteiger partial charge in [-0.2, -0.15) is 4.98 Å². The number of hydrogen-bond donors (Lipinski definition) is 0. The number of nitrogens with zero attached hydrogens (tertiary/aromatic N) is 3. The molecule has 0 spiro atoms. The van der Waals surface area contributed by atoms with E-state index in [1.165, 1.54) is 12.8 Å². The van der Waals surface area contributed by atoms with E-state index < -0.39 is 5.41 Å². The van der Waals surface area contributed by atoms with Crippen LogP contribution in [-0.4, -0.2) is 46.3 Å². The minimum Gasteiger partial charge on any atom is -1.00 e. The van der Waals surface area contributed by atoms with Crippen LogP contribution in [0.5, 0.6) is 0 Å². The van der Waals surface area contributed by atoms with Crippen molar-refractivity contribution >= 4 is 5.97 Å². The van der Waals surface area contributed by atoms with Gasteiger partial charge in [-0.1, -0.05) is 79.4 Å². The van der Waals surface area contributed by atoms with E-state index in [0.717, 1.165) is 86.1 Å². The highest BCUT2D eigenvalue weighted by atomic mass is 35.5. The van der Waals surface area contributed by atoms with Crippen LogP contribution >= 0.6 is 0 Å². The molecule has 1 aliphatic carbocycles. The summed E-state index contributed by atoms with van der Waals surface area (Å²) in [5, 5.41) is 4.31. The SMILES string of the molecule is O=C(OC1C[N+]2(Cc3noc(-c4ccccc4)n3)CCC1CC2)C1(c2ccccc2)CCCCCC1.[Cl-]. The van der Waals surface area contributed by atoms with Crippen LogP contribution in [0.3, 0.4) is 0 Å². The zero-order valence-corrected chi connectivity index (χ0v) is 22.1. The molecule has 2 aromatic carbocycles. The molecule has 4 heterocycles. The average molecular weight is 522 g/mol. The van der Waals surface area contributed by atoms with Gasteiger partial charge in [0.25, 0.3) is 5.89 Å². The molecule has 1 unspecified atom stereocenters. The minimum absolute atomic E-state index is 0. The molecule has 7 rings (SSSR count). The lowest BCUT2D eigenvalue weighted by molar-refractivity contribution is -0.958. The van der Waals surface area contributed by atoms with E-state index in [-0.39, 0.29) is 24.5 Å². The van der Waals surface area contributed by atoms with E-state index in [1.54, 1.807) is 0 Å². The van der Waals surface area contributed by atoms with Gasteiger partial charge >= 0.3 is 5.97 Å². The lowest BCUT2D eigenvalue weighted by Gasteiger charge is -2.51. The fourth-order valence-electron chi connectivity index (χ4n) is 6.84. The number of ether oxygens (including phenoxy) is 1. The van der Waals surface area contributed by atoms with Gasteiger partial charge in [-0.25, -0.2) is 0 Å². The second-order valence-corrected chi connectivity index (χ2v) is 11.2. The third kappa shape index (κ3) is 5.19. The predicted molar refractivity (Wildman–Crippen MR) is 137 cm³/mol. The fourth-order valence-corrected chi connectivity index (χ4v) is 6.84. The Kier molecular flexibility index (Phi) is 7.68. The van der Waals surface area contributed by atoms with Crippen LogP contribution < -0.4 is 12.4 Å². The van der Waals surface area contributed by atoms with E-state index in [0.29, 0.717) is 11.8 Å². The summed E-state index contributed by atoms with van der Waals surface area (Å²) >= 11 is 0. The highest BCUT2D eigenvalue weighted by Crippen LogP contribution is 2.42. The molecule has 0 N–H and O–H groups in total. The van der Waals surface area contributed by atoms with Gasteiger partial charge in [-0.15, -0.1) is 0 Å². The van der Waals surface area contributed by atoms with Crippen LogP contribution in [0.25, 0.3) is 11.5 Å². The standard InChI is InChI=1S/C30H36N3O3.ClH/c34-29(30(17-9-1-2-10-18-30)25-13-7-4-8-14-25)35-26-21-33(19-15-23(26)16-20-33)22-27-31-28(36-32-27)24-11-5-3-6-12-24;/h3-8,11-14,23,26H,1-2,9-10,15-22H2;1H/q+1;/p-1. The van der Waals surface area contributed by atoms with E-state index in [9.17, 15) is 4.79 Å². The summed E-state index contributed by atoms with van der Waals surface area (Å²) in [5.41, 5.74) is 1.56.